The van der Waals surface area contributed by atoms with E-state index in [2.05, 4.69) is 36.5 Å². The Kier molecular flexibility index (Phi) is 6.53. The van der Waals surface area contributed by atoms with E-state index in [4.69, 9.17) is 4.74 Å². The third-order valence-corrected chi connectivity index (χ3v) is 4.58. The van der Waals surface area contributed by atoms with E-state index in [0.717, 1.165) is 17.1 Å². The van der Waals surface area contributed by atoms with Crippen LogP contribution in [0.1, 0.15) is 29.7 Å². The summed E-state index contributed by atoms with van der Waals surface area (Å²) in [7, 11) is 1.64. The fourth-order valence-corrected chi connectivity index (χ4v) is 3.11. The average Bonchev–Trinajstić information content (AvgIpc) is 2.55. The maximum absolute atomic E-state index is 12.1. The molecule has 0 aliphatic heterocycles. The molecule has 2 rings (SSSR count). The first-order valence-corrected chi connectivity index (χ1v) is 8.80. The van der Waals surface area contributed by atoms with Gasteiger partial charge >= 0.3 is 0 Å². The summed E-state index contributed by atoms with van der Waals surface area (Å²) in [6.45, 7) is 4.07. The number of methoxy groups -OCH3 is 1. The van der Waals surface area contributed by atoms with E-state index in [9.17, 15) is 4.79 Å². The van der Waals surface area contributed by atoms with Crippen LogP contribution in [0.2, 0.25) is 0 Å². The molecule has 0 saturated heterocycles. The Labute approximate surface area is 142 Å². The Bertz CT molecular complexity index is 640. The van der Waals surface area contributed by atoms with Gasteiger partial charge < -0.3 is 10.1 Å². The molecule has 2 aromatic rings. The predicted octanol–water partition coefficient (Wildman–Crippen LogP) is 4.11. The zero-order chi connectivity index (χ0) is 16.7. The van der Waals surface area contributed by atoms with Gasteiger partial charge in [-0.3, -0.25) is 4.79 Å². The van der Waals surface area contributed by atoms with Gasteiger partial charge in [0, 0.05) is 5.75 Å². The van der Waals surface area contributed by atoms with E-state index < -0.39 is 0 Å². The summed E-state index contributed by atoms with van der Waals surface area (Å²) in [6.07, 6.45) is 0. The molecule has 0 aliphatic carbocycles. The number of carbonyl (C=O) groups is 1. The summed E-state index contributed by atoms with van der Waals surface area (Å²) in [5, 5.41) is 3.03. The highest BCUT2D eigenvalue weighted by atomic mass is 32.2. The first-order chi connectivity index (χ1) is 11.1. The number of hydrogen-bond acceptors (Lipinski definition) is 3. The van der Waals surface area contributed by atoms with Gasteiger partial charge in [0.15, 0.2) is 0 Å². The van der Waals surface area contributed by atoms with E-state index in [1.807, 2.05) is 31.2 Å². The van der Waals surface area contributed by atoms with Gasteiger partial charge in [-0.25, -0.2) is 0 Å². The summed E-state index contributed by atoms with van der Waals surface area (Å²) in [5.74, 6) is 2.20. The van der Waals surface area contributed by atoms with Crippen molar-refractivity contribution in [3.8, 4) is 5.75 Å². The molecule has 0 saturated carbocycles. The van der Waals surface area contributed by atoms with Gasteiger partial charge in [-0.1, -0.05) is 42.0 Å². The molecule has 0 aliphatic rings. The number of aryl methyl sites for hydroxylation is 1. The molecule has 1 atom stereocenters. The van der Waals surface area contributed by atoms with Crippen molar-refractivity contribution in [3.05, 3.63) is 65.2 Å². The molecule has 2 aromatic carbocycles. The number of hydrogen-bond donors (Lipinski definition) is 1. The molecule has 0 spiro atoms. The number of thioether (sulfide) groups is 1. The monoisotopic (exact) mass is 329 g/mol. The van der Waals surface area contributed by atoms with Crippen molar-refractivity contribution in [2.75, 3.05) is 12.9 Å². The lowest BCUT2D eigenvalue weighted by atomic mass is 10.1. The van der Waals surface area contributed by atoms with Gasteiger partial charge in [0.05, 0.1) is 18.9 Å². The van der Waals surface area contributed by atoms with Crippen LogP contribution in [-0.4, -0.2) is 18.8 Å². The fourth-order valence-electron chi connectivity index (χ4n) is 2.32. The molecule has 3 nitrogen and oxygen atoms in total. The second-order valence-electron chi connectivity index (χ2n) is 5.54. The van der Waals surface area contributed by atoms with E-state index in [0.29, 0.717) is 5.75 Å². The smallest absolute Gasteiger partial charge is 0.230 e. The predicted molar refractivity (Wildman–Crippen MR) is 96.9 cm³/mol. The second-order valence-corrected chi connectivity index (χ2v) is 6.53. The average molecular weight is 329 g/mol. The molecule has 0 fully saturated rings. The lowest BCUT2D eigenvalue weighted by molar-refractivity contribution is -0.119. The number of nitrogens with one attached hydrogen (secondary N) is 1. The Hall–Kier alpha value is -1.94. The Morgan fingerprint density at radius 1 is 1.22 bits per heavy atom. The van der Waals surface area contributed by atoms with E-state index in [-0.39, 0.29) is 11.9 Å². The molecule has 0 aromatic heterocycles. The van der Waals surface area contributed by atoms with Crippen molar-refractivity contribution in [2.45, 2.75) is 25.6 Å². The Morgan fingerprint density at radius 2 is 1.96 bits per heavy atom. The van der Waals surface area contributed by atoms with Gasteiger partial charge in [0.1, 0.15) is 5.75 Å². The van der Waals surface area contributed by atoms with Crippen LogP contribution in [0, 0.1) is 6.92 Å². The highest BCUT2D eigenvalue weighted by molar-refractivity contribution is 7.99. The van der Waals surface area contributed by atoms with Crippen LogP contribution in [0.3, 0.4) is 0 Å². The van der Waals surface area contributed by atoms with Crippen molar-refractivity contribution in [2.24, 2.45) is 0 Å². The number of ether oxygens (including phenoxy) is 1. The SMILES string of the molecule is COc1ccc(C(C)NC(=O)CSCc2cccc(C)c2)cc1. The van der Waals surface area contributed by atoms with Crippen LogP contribution in [0.15, 0.2) is 48.5 Å². The van der Waals surface area contributed by atoms with Crippen LogP contribution in [0.25, 0.3) is 0 Å². The first kappa shape index (κ1) is 17.4. The summed E-state index contributed by atoms with van der Waals surface area (Å²) in [6, 6.07) is 16.1. The van der Waals surface area contributed by atoms with Crippen molar-refractivity contribution < 1.29 is 9.53 Å². The number of rotatable bonds is 7. The molecule has 0 bridgehead atoms. The zero-order valence-corrected chi connectivity index (χ0v) is 14.7. The number of carbonyl (C=O) groups excluding carboxylic acids is 1. The van der Waals surface area contributed by atoms with E-state index >= 15 is 0 Å². The lowest BCUT2D eigenvalue weighted by Crippen LogP contribution is -2.28. The molecule has 4 heteroatoms. The minimum absolute atomic E-state index is 0.00650. The number of amides is 1. The minimum atomic E-state index is -0.00650. The third-order valence-electron chi connectivity index (χ3n) is 3.58. The molecule has 23 heavy (non-hydrogen) atoms. The second kappa shape index (κ2) is 8.63. The minimum Gasteiger partial charge on any atom is -0.497 e. The molecule has 0 heterocycles. The van der Waals surface area contributed by atoms with Crippen molar-refractivity contribution in [3.63, 3.8) is 0 Å². The quantitative estimate of drug-likeness (QED) is 0.830. The molecule has 1 N–H and O–H groups in total. The number of benzene rings is 2. The van der Waals surface area contributed by atoms with Crippen LogP contribution in [0.5, 0.6) is 5.75 Å². The summed E-state index contributed by atoms with van der Waals surface area (Å²) < 4.78 is 5.14. The largest absolute Gasteiger partial charge is 0.497 e. The molecule has 122 valence electrons. The Morgan fingerprint density at radius 3 is 2.61 bits per heavy atom. The summed E-state index contributed by atoms with van der Waals surface area (Å²) in [4.78, 5) is 12.1. The Balaban J connectivity index is 1.77. The lowest BCUT2D eigenvalue weighted by Gasteiger charge is -2.14. The normalized spacial score (nSPS) is 11.8. The van der Waals surface area contributed by atoms with E-state index in [1.54, 1.807) is 18.9 Å². The maximum Gasteiger partial charge on any atom is 0.230 e. The summed E-state index contributed by atoms with van der Waals surface area (Å²) >= 11 is 1.63. The highest BCUT2D eigenvalue weighted by Gasteiger charge is 2.09. The standard InChI is InChI=1S/C19H23NO2S/c1-14-5-4-6-16(11-14)12-23-13-19(21)20-15(2)17-7-9-18(22-3)10-8-17/h4-11,15H,12-13H2,1-3H3,(H,20,21). The van der Waals surface area contributed by atoms with Crippen LogP contribution in [0.4, 0.5) is 0 Å². The molecule has 1 amide bonds. The van der Waals surface area contributed by atoms with Crippen LogP contribution in [-0.2, 0) is 10.5 Å². The van der Waals surface area contributed by atoms with Gasteiger partial charge in [0.2, 0.25) is 5.91 Å². The summed E-state index contributed by atoms with van der Waals surface area (Å²) in [5.41, 5.74) is 3.58. The van der Waals surface area contributed by atoms with Gasteiger partial charge in [-0.15, -0.1) is 11.8 Å². The van der Waals surface area contributed by atoms with Crippen molar-refractivity contribution >= 4 is 17.7 Å². The highest BCUT2D eigenvalue weighted by Crippen LogP contribution is 2.18. The van der Waals surface area contributed by atoms with E-state index in [1.165, 1.54) is 11.1 Å². The first-order valence-electron chi connectivity index (χ1n) is 7.65. The fraction of sp³-hybridized carbons (Fsp3) is 0.316. The molecular weight excluding hydrogens is 306 g/mol. The maximum atomic E-state index is 12.1. The topological polar surface area (TPSA) is 38.3 Å². The van der Waals surface area contributed by atoms with Crippen molar-refractivity contribution in [1.29, 1.82) is 0 Å². The molecule has 0 radical (unpaired) electrons. The third kappa shape index (κ3) is 5.64. The zero-order valence-electron chi connectivity index (χ0n) is 13.8. The molecular formula is C19H23NO2S. The van der Waals surface area contributed by atoms with Gasteiger partial charge in [-0.2, -0.15) is 0 Å². The molecule has 1 unspecified atom stereocenters. The van der Waals surface area contributed by atoms with Gasteiger partial charge in [0.25, 0.3) is 0 Å². The van der Waals surface area contributed by atoms with Gasteiger partial charge in [-0.05, 0) is 37.1 Å². The van der Waals surface area contributed by atoms with Crippen LogP contribution < -0.4 is 10.1 Å². The van der Waals surface area contributed by atoms with Crippen molar-refractivity contribution in [1.82, 2.24) is 5.32 Å². The van der Waals surface area contributed by atoms with Crippen LogP contribution >= 0.6 is 11.8 Å².